The third-order valence-electron chi connectivity index (χ3n) is 3.96. The number of carbonyl (C=O) groups is 1. The van der Waals surface area contributed by atoms with Crippen LogP contribution in [0.1, 0.15) is 19.3 Å². The van der Waals surface area contributed by atoms with Crippen LogP contribution >= 0.6 is 0 Å². The minimum absolute atomic E-state index is 0.0517. The molecular formula is C13H15FN2O. The Hall–Kier alpha value is -1.58. The van der Waals surface area contributed by atoms with Crippen LogP contribution in [0.5, 0.6) is 0 Å². The van der Waals surface area contributed by atoms with Crippen LogP contribution in [0.3, 0.4) is 0 Å². The van der Waals surface area contributed by atoms with E-state index in [-0.39, 0.29) is 17.5 Å². The fraction of sp³-hybridized carbons (Fsp3) is 0.462. The number of fused-ring (bicyclic) bond motifs is 1. The molecule has 0 aromatic heterocycles. The number of rotatable bonds is 2. The Kier molecular flexibility index (Phi) is 2.31. The van der Waals surface area contributed by atoms with E-state index in [1.807, 2.05) is 0 Å². The van der Waals surface area contributed by atoms with E-state index in [0.717, 1.165) is 12.8 Å². The zero-order valence-corrected chi connectivity index (χ0v) is 9.45. The monoisotopic (exact) mass is 234 g/mol. The zero-order valence-electron chi connectivity index (χ0n) is 9.45. The highest BCUT2D eigenvalue weighted by molar-refractivity contribution is 5.95. The molecule has 2 unspecified atom stereocenters. The zero-order chi connectivity index (χ0) is 12.0. The lowest BCUT2D eigenvalue weighted by atomic mass is 10.1. The van der Waals surface area contributed by atoms with Gasteiger partial charge in [0, 0.05) is 11.6 Å². The normalized spacial score (nSPS) is 29.8. The molecule has 2 aliphatic rings. The van der Waals surface area contributed by atoms with E-state index in [0.29, 0.717) is 17.5 Å². The summed E-state index contributed by atoms with van der Waals surface area (Å²) in [5.74, 6) is 0.699. The van der Waals surface area contributed by atoms with Gasteiger partial charge in [-0.3, -0.25) is 4.79 Å². The van der Waals surface area contributed by atoms with Gasteiger partial charge < -0.3 is 11.1 Å². The van der Waals surface area contributed by atoms with Crippen molar-refractivity contribution in [3.63, 3.8) is 0 Å². The Morgan fingerprint density at radius 2 is 2.06 bits per heavy atom. The lowest BCUT2D eigenvalue weighted by Crippen LogP contribution is -2.17. The minimum Gasteiger partial charge on any atom is -0.399 e. The maximum absolute atomic E-state index is 13.4. The molecule has 0 saturated heterocycles. The fourth-order valence-corrected chi connectivity index (χ4v) is 3.07. The van der Waals surface area contributed by atoms with Gasteiger partial charge in [-0.2, -0.15) is 0 Å². The SMILES string of the molecule is Nc1ccc(F)c(NC(=O)C2C3CCCC32)c1. The van der Waals surface area contributed by atoms with Crippen LogP contribution < -0.4 is 11.1 Å². The van der Waals surface area contributed by atoms with E-state index in [1.165, 1.54) is 24.6 Å². The van der Waals surface area contributed by atoms with E-state index in [9.17, 15) is 9.18 Å². The van der Waals surface area contributed by atoms with Crippen LogP contribution in [0, 0.1) is 23.6 Å². The van der Waals surface area contributed by atoms with Crippen LogP contribution in [0.25, 0.3) is 0 Å². The minimum atomic E-state index is -0.432. The lowest BCUT2D eigenvalue weighted by molar-refractivity contribution is -0.118. The number of nitrogens with two attached hydrogens (primary N) is 1. The van der Waals surface area contributed by atoms with Crippen LogP contribution in [-0.2, 0) is 4.79 Å². The maximum atomic E-state index is 13.4. The molecule has 3 nitrogen and oxygen atoms in total. The molecule has 0 heterocycles. The largest absolute Gasteiger partial charge is 0.399 e. The number of anilines is 2. The molecule has 1 amide bonds. The average molecular weight is 234 g/mol. The van der Waals surface area contributed by atoms with E-state index in [4.69, 9.17) is 5.73 Å². The van der Waals surface area contributed by atoms with Crippen molar-refractivity contribution in [1.82, 2.24) is 0 Å². The van der Waals surface area contributed by atoms with Crippen molar-refractivity contribution in [3.05, 3.63) is 24.0 Å². The summed E-state index contributed by atoms with van der Waals surface area (Å²) in [5.41, 5.74) is 6.22. The van der Waals surface area contributed by atoms with Gasteiger partial charge in [0.2, 0.25) is 5.91 Å². The second kappa shape index (κ2) is 3.72. The van der Waals surface area contributed by atoms with Gasteiger partial charge in [0.05, 0.1) is 5.69 Å². The third kappa shape index (κ3) is 1.77. The number of hydrogen-bond donors (Lipinski definition) is 2. The molecule has 1 aromatic carbocycles. The van der Waals surface area contributed by atoms with Gasteiger partial charge in [0.25, 0.3) is 0 Å². The quantitative estimate of drug-likeness (QED) is 0.772. The van der Waals surface area contributed by atoms with E-state index < -0.39 is 5.82 Å². The van der Waals surface area contributed by atoms with Gasteiger partial charge in [-0.1, -0.05) is 6.42 Å². The summed E-state index contributed by atoms with van der Waals surface area (Å²) in [6.45, 7) is 0. The first-order valence-corrected chi connectivity index (χ1v) is 6.02. The number of amides is 1. The van der Waals surface area contributed by atoms with Gasteiger partial charge in [0.1, 0.15) is 5.82 Å². The molecule has 2 aliphatic carbocycles. The van der Waals surface area contributed by atoms with Crippen LogP contribution in [0.15, 0.2) is 18.2 Å². The van der Waals surface area contributed by atoms with Gasteiger partial charge >= 0.3 is 0 Å². The van der Waals surface area contributed by atoms with Crippen molar-refractivity contribution in [2.45, 2.75) is 19.3 Å². The van der Waals surface area contributed by atoms with Crippen molar-refractivity contribution < 1.29 is 9.18 Å². The van der Waals surface area contributed by atoms with Crippen molar-refractivity contribution >= 4 is 17.3 Å². The standard InChI is InChI=1S/C13H15FN2O/c14-10-5-4-7(15)6-11(10)16-13(17)12-8-2-1-3-9(8)12/h4-6,8-9,12H,1-3,15H2,(H,16,17). The molecule has 1 aromatic rings. The number of carbonyl (C=O) groups excluding carboxylic acids is 1. The van der Waals surface area contributed by atoms with Gasteiger partial charge in [-0.05, 0) is 42.9 Å². The van der Waals surface area contributed by atoms with Gasteiger partial charge in [-0.15, -0.1) is 0 Å². The van der Waals surface area contributed by atoms with Gasteiger partial charge in [0.15, 0.2) is 0 Å². The van der Waals surface area contributed by atoms with E-state index >= 15 is 0 Å². The number of hydrogen-bond acceptors (Lipinski definition) is 2. The molecule has 2 fully saturated rings. The van der Waals surface area contributed by atoms with Crippen LogP contribution in [0.2, 0.25) is 0 Å². The van der Waals surface area contributed by atoms with Crippen molar-refractivity contribution in [1.29, 1.82) is 0 Å². The topological polar surface area (TPSA) is 55.1 Å². The summed E-state index contributed by atoms with van der Waals surface area (Å²) >= 11 is 0. The molecule has 3 rings (SSSR count). The third-order valence-corrected chi connectivity index (χ3v) is 3.96. The molecule has 0 aliphatic heterocycles. The summed E-state index contributed by atoms with van der Waals surface area (Å²) in [6, 6.07) is 4.22. The smallest absolute Gasteiger partial charge is 0.228 e. The first kappa shape index (κ1) is 10.6. The fourth-order valence-electron chi connectivity index (χ4n) is 3.07. The molecule has 2 atom stereocenters. The van der Waals surface area contributed by atoms with Crippen LogP contribution in [0.4, 0.5) is 15.8 Å². The Morgan fingerprint density at radius 1 is 1.35 bits per heavy atom. The highest BCUT2D eigenvalue weighted by Crippen LogP contribution is 2.57. The Balaban J connectivity index is 1.71. The van der Waals surface area contributed by atoms with Gasteiger partial charge in [-0.25, -0.2) is 4.39 Å². The summed E-state index contributed by atoms with van der Waals surface area (Å²) < 4.78 is 13.4. The van der Waals surface area contributed by atoms with E-state index in [1.54, 1.807) is 0 Å². The molecule has 2 saturated carbocycles. The first-order valence-electron chi connectivity index (χ1n) is 6.02. The Morgan fingerprint density at radius 3 is 2.76 bits per heavy atom. The molecule has 0 radical (unpaired) electrons. The predicted octanol–water partition coefficient (Wildman–Crippen LogP) is 2.39. The summed E-state index contributed by atoms with van der Waals surface area (Å²) in [6.07, 6.45) is 3.51. The lowest BCUT2D eigenvalue weighted by Gasteiger charge is -2.08. The van der Waals surface area contributed by atoms with E-state index in [2.05, 4.69) is 5.32 Å². The number of nitrogens with one attached hydrogen (secondary N) is 1. The maximum Gasteiger partial charge on any atom is 0.228 e. The molecule has 90 valence electrons. The van der Waals surface area contributed by atoms with Crippen molar-refractivity contribution in [2.75, 3.05) is 11.1 Å². The summed E-state index contributed by atoms with van der Waals surface area (Å²) in [4.78, 5) is 11.9. The highest BCUT2D eigenvalue weighted by atomic mass is 19.1. The summed E-state index contributed by atoms with van der Waals surface area (Å²) in [5, 5.41) is 2.65. The van der Waals surface area contributed by atoms with Crippen molar-refractivity contribution in [3.8, 4) is 0 Å². The Labute approximate surface area is 99.2 Å². The molecule has 4 heteroatoms. The molecular weight excluding hydrogens is 219 g/mol. The second-order valence-electron chi connectivity index (χ2n) is 5.01. The second-order valence-corrected chi connectivity index (χ2v) is 5.01. The number of nitrogen functional groups attached to an aromatic ring is 1. The number of halogens is 1. The Bertz CT molecular complexity index is 464. The predicted molar refractivity (Wildman–Crippen MR) is 63.8 cm³/mol. The summed E-state index contributed by atoms with van der Waals surface area (Å²) in [7, 11) is 0. The average Bonchev–Trinajstić information content (AvgIpc) is 2.78. The number of benzene rings is 1. The molecule has 0 spiro atoms. The highest BCUT2D eigenvalue weighted by Gasteiger charge is 2.56. The molecule has 3 N–H and O–H groups in total. The molecule has 0 bridgehead atoms. The van der Waals surface area contributed by atoms with Crippen molar-refractivity contribution in [2.24, 2.45) is 17.8 Å². The first-order chi connectivity index (χ1) is 8.16. The van der Waals surface area contributed by atoms with Crippen LogP contribution in [-0.4, -0.2) is 5.91 Å². The molecule has 17 heavy (non-hydrogen) atoms.